The molecule has 1 atom stereocenters. The molecule has 0 aliphatic carbocycles. The van der Waals surface area contributed by atoms with Crippen molar-refractivity contribution in [2.75, 3.05) is 25.4 Å². The van der Waals surface area contributed by atoms with Gasteiger partial charge in [-0.15, -0.1) is 0 Å². The summed E-state index contributed by atoms with van der Waals surface area (Å²) in [5.74, 6) is 2.93. The first kappa shape index (κ1) is 11.9. The average molecular weight is 237 g/mol. The lowest BCUT2D eigenvalue weighted by molar-refractivity contribution is 0.271. The quantitative estimate of drug-likeness (QED) is 0.615. The van der Waals surface area contributed by atoms with E-state index in [9.17, 15) is 8.42 Å². The lowest BCUT2D eigenvalue weighted by Crippen LogP contribution is -2.40. The maximum Gasteiger partial charge on any atom is 0.336 e. The summed E-state index contributed by atoms with van der Waals surface area (Å²) in [5, 5.41) is 3.08. The Morgan fingerprint density at radius 1 is 1.43 bits per heavy atom. The van der Waals surface area contributed by atoms with Gasteiger partial charge in [-0.3, -0.25) is 4.18 Å². The van der Waals surface area contributed by atoms with E-state index in [2.05, 4.69) is 38.8 Å². The average Bonchev–Trinajstić information content (AvgIpc) is 1.98. The first-order valence-corrected chi connectivity index (χ1v) is 8.42. The van der Waals surface area contributed by atoms with Crippen LogP contribution in [-0.2, 0) is 14.5 Å². The molecule has 0 aromatic rings. The van der Waals surface area contributed by atoms with Crippen molar-refractivity contribution in [3.8, 4) is 11.2 Å². The minimum Gasteiger partial charge on any atom is -0.258 e. The standard InChI is InChI=1S/C8H15NO3S2/c1-13(2,3)7-5-8-4-6-12-14(10,11)9-8/h8-9H,4,6H2,1-3H3. The Morgan fingerprint density at radius 3 is 2.57 bits per heavy atom. The summed E-state index contributed by atoms with van der Waals surface area (Å²) >= 11 is 0. The molecule has 0 amide bonds. The first-order valence-electron chi connectivity index (χ1n) is 4.16. The summed E-state index contributed by atoms with van der Waals surface area (Å²) in [6.45, 7) is 0.216. The van der Waals surface area contributed by atoms with E-state index in [1.54, 1.807) is 0 Å². The van der Waals surface area contributed by atoms with Crippen LogP contribution in [0.4, 0.5) is 0 Å². The van der Waals surface area contributed by atoms with E-state index in [0.29, 0.717) is 6.42 Å². The minimum atomic E-state index is -3.54. The van der Waals surface area contributed by atoms with Crippen LogP contribution < -0.4 is 4.72 Å². The molecule has 0 saturated carbocycles. The largest absolute Gasteiger partial charge is 0.336 e. The predicted molar refractivity (Wildman–Crippen MR) is 59.6 cm³/mol. The fraction of sp³-hybridized carbons (Fsp3) is 0.750. The Labute approximate surface area is 87.0 Å². The fourth-order valence-corrected chi connectivity index (χ4v) is 2.30. The van der Waals surface area contributed by atoms with Crippen LogP contribution in [0, 0.1) is 11.2 Å². The van der Waals surface area contributed by atoms with Gasteiger partial charge in [-0.05, 0) is 25.2 Å². The second kappa shape index (κ2) is 4.11. The molecule has 0 spiro atoms. The monoisotopic (exact) mass is 237 g/mol. The van der Waals surface area contributed by atoms with Crippen LogP contribution in [0.2, 0.25) is 0 Å². The highest BCUT2D eigenvalue weighted by atomic mass is 32.3. The maximum absolute atomic E-state index is 11.0. The molecule has 1 rings (SSSR count). The highest BCUT2D eigenvalue weighted by Gasteiger charge is 2.22. The maximum atomic E-state index is 11.0. The minimum absolute atomic E-state index is 0.216. The van der Waals surface area contributed by atoms with Crippen molar-refractivity contribution in [1.82, 2.24) is 4.72 Å². The van der Waals surface area contributed by atoms with Crippen LogP contribution >= 0.6 is 10.0 Å². The van der Waals surface area contributed by atoms with Gasteiger partial charge in [0.2, 0.25) is 0 Å². The van der Waals surface area contributed by atoms with Gasteiger partial charge in [0.15, 0.2) is 0 Å². The molecule has 0 aromatic heterocycles. The van der Waals surface area contributed by atoms with Crippen LogP contribution in [0.15, 0.2) is 0 Å². The van der Waals surface area contributed by atoms with E-state index in [-0.39, 0.29) is 12.6 Å². The summed E-state index contributed by atoms with van der Waals surface area (Å²) < 4.78 is 28.9. The normalized spacial score (nSPS) is 27.5. The lowest BCUT2D eigenvalue weighted by Gasteiger charge is -2.20. The van der Waals surface area contributed by atoms with Crippen LogP contribution in [-0.4, -0.2) is 39.8 Å². The Kier molecular flexibility index (Phi) is 3.48. The van der Waals surface area contributed by atoms with Crippen molar-refractivity contribution in [3.63, 3.8) is 0 Å². The van der Waals surface area contributed by atoms with Gasteiger partial charge < -0.3 is 0 Å². The van der Waals surface area contributed by atoms with Gasteiger partial charge in [-0.1, -0.05) is 11.2 Å². The molecule has 0 aromatic carbocycles. The SMILES string of the molecule is CS(C)(C)C#CC1CCOS(=O)(=O)N1. The van der Waals surface area contributed by atoms with Gasteiger partial charge in [-0.25, -0.2) is 0 Å². The van der Waals surface area contributed by atoms with Crippen molar-refractivity contribution in [3.05, 3.63) is 0 Å². The van der Waals surface area contributed by atoms with E-state index >= 15 is 0 Å². The smallest absolute Gasteiger partial charge is 0.258 e. The summed E-state index contributed by atoms with van der Waals surface area (Å²) in [6, 6.07) is -0.291. The zero-order valence-electron chi connectivity index (χ0n) is 8.53. The van der Waals surface area contributed by atoms with Gasteiger partial charge in [0.05, 0.1) is 12.6 Å². The molecule has 1 aliphatic heterocycles. The summed E-state index contributed by atoms with van der Waals surface area (Å²) in [6.07, 6.45) is 6.80. The molecule has 1 aliphatic rings. The van der Waals surface area contributed by atoms with E-state index in [1.165, 1.54) is 0 Å². The number of rotatable bonds is 0. The molecular formula is C8H15NO3S2. The second-order valence-electron chi connectivity index (χ2n) is 3.82. The Balaban J connectivity index is 2.66. The highest BCUT2D eigenvalue weighted by Crippen LogP contribution is 2.32. The van der Waals surface area contributed by atoms with Crippen LogP contribution in [0.1, 0.15) is 6.42 Å². The third-order valence-electron chi connectivity index (χ3n) is 1.47. The molecular weight excluding hydrogens is 222 g/mol. The fourth-order valence-electron chi connectivity index (χ4n) is 0.892. The van der Waals surface area contributed by atoms with Crippen molar-refractivity contribution in [2.45, 2.75) is 12.5 Å². The Morgan fingerprint density at radius 2 is 2.07 bits per heavy atom. The highest BCUT2D eigenvalue weighted by molar-refractivity contribution is 8.35. The topological polar surface area (TPSA) is 55.4 Å². The first-order chi connectivity index (χ1) is 6.29. The van der Waals surface area contributed by atoms with Crippen LogP contribution in [0.25, 0.3) is 0 Å². The Hall–Kier alpha value is -0.220. The van der Waals surface area contributed by atoms with Gasteiger partial charge in [0.1, 0.15) is 0 Å². The van der Waals surface area contributed by atoms with Gasteiger partial charge >= 0.3 is 10.3 Å². The van der Waals surface area contributed by atoms with E-state index in [0.717, 1.165) is 0 Å². The zero-order chi connectivity index (χ0) is 10.8. The third kappa shape index (κ3) is 4.33. The van der Waals surface area contributed by atoms with Crippen molar-refractivity contribution < 1.29 is 12.6 Å². The predicted octanol–water partition coefficient (Wildman–Crippen LogP) is 0.265. The van der Waals surface area contributed by atoms with E-state index in [1.807, 2.05) is 0 Å². The van der Waals surface area contributed by atoms with Crippen molar-refractivity contribution in [1.29, 1.82) is 0 Å². The van der Waals surface area contributed by atoms with Crippen molar-refractivity contribution >= 4 is 20.3 Å². The second-order valence-corrected chi connectivity index (χ2v) is 9.08. The molecule has 1 saturated heterocycles. The Bertz CT molecular complexity index is 358. The summed E-state index contributed by atoms with van der Waals surface area (Å²) in [5.41, 5.74) is 0. The molecule has 0 radical (unpaired) electrons. The lowest BCUT2D eigenvalue weighted by atomic mass is 10.2. The number of nitrogens with one attached hydrogen (secondary N) is 1. The molecule has 6 heteroatoms. The van der Waals surface area contributed by atoms with E-state index in [4.69, 9.17) is 0 Å². The molecule has 82 valence electrons. The molecule has 0 bridgehead atoms. The number of hydrogen-bond donors (Lipinski definition) is 1. The molecule has 14 heavy (non-hydrogen) atoms. The summed E-state index contributed by atoms with van der Waals surface area (Å²) in [7, 11) is -4.44. The van der Waals surface area contributed by atoms with Gasteiger partial charge in [-0.2, -0.15) is 23.2 Å². The summed E-state index contributed by atoms with van der Waals surface area (Å²) in [4.78, 5) is 0. The van der Waals surface area contributed by atoms with Crippen molar-refractivity contribution in [2.24, 2.45) is 0 Å². The molecule has 1 unspecified atom stereocenters. The molecule has 4 nitrogen and oxygen atoms in total. The molecule has 1 N–H and O–H groups in total. The molecule has 1 heterocycles. The third-order valence-corrected chi connectivity index (χ3v) is 3.25. The zero-order valence-corrected chi connectivity index (χ0v) is 10.2. The van der Waals surface area contributed by atoms with Crippen LogP contribution in [0.5, 0.6) is 0 Å². The number of hydrogen-bond acceptors (Lipinski definition) is 3. The van der Waals surface area contributed by atoms with Gasteiger partial charge in [0.25, 0.3) is 0 Å². The van der Waals surface area contributed by atoms with Crippen LogP contribution in [0.3, 0.4) is 0 Å². The van der Waals surface area contributed by atoms with Gasteiger partial charge in [0, 0.05) is 0 Å². The van der Waals surface area contributed by atoms with E-state index < -0.39 is 20.3 Å². The molecule has 1 fully saturated rings.